The second-order valence-corrected chi connectivity index (χ2v) is 3.66. The van der Waals surface area contributed by atoms with Crippen molar-refractivity contribution in [1.82, 2.24) is 9.96 Å². The van der Waals surface area contributed by atoms with Gasteiger partial charge in [-0.3, -0.25) is 4.79 Å². The predicted molar refractivity (Wildman–Crippen MR) is 48.4 cm³/mol. The zero-order valence-corrected chi connectivity index (χ0v) is 8.22. The fraction of sp³-hybridized carbons (Fsp3) is 0.556. The molecule has 0 spiro atoms. The normalized spacial score (nSPS) is 26.7. The van der Waals surface area contributed by atoms with E-state index in [1.165, 1.54) is 0 Å². The maximum atomic E-state index is 12.7. The molecule has 2 rings (SSSR count). The first-order valence-corrected chi connectivity index (χ1v) is 4.63. The number of carbonyl (C=O) groups is 2. The van der Waals surface area contributed by atoms with Gasteiger partial charge in [-0.1, -0.05) is 11.6 Å². The van der Waals surface area contributed by atoms with Crippen LogP contribution in [-0.4, -0.2) is 47.8 Å². The Morgan fingerprint density at radius 1 is 1.73 bits per heavy atom. The van der Waals surface area contributed by atoms with Gasteiger partial charge < -0.3 is 4.90 Å². The van der Waals surface area contributed by atoms with Crippen molar-refractivity contribution in [3.05, 3.63) is 11.6 Å². The Morgan fingerprint density at radius 2 is 2.47 bits per heavy atom. The molecule has 2 unspecified atom stereocenters. The molecular weight excluding hydrogens is 203 g/mol. The Hall–Kier alpha value is -1.43. The molecule has 2 heterocycles. The summed E-state index contributed by atoms with van der Waals surface area (Å²) >= 11 is 0. The van der Waals surface area contributed by atoms with E-state index in [4.69, 9.17) is 0 Å². The molecule has 1 fully saturated rings. The zero-order chi connectivity index (χ0) is 11.0. The minimum absolute atomic E-state index is 0.0153. The highest BCUT2D eigenvalue weighted by Crippen LogP contribution is 2.24. The average molecular weight is 214 g/mol. The lowest BCUT2D eigenvalue weighted by Crippen LogP contribution is -2.36. The quantitative estimate of drug-likeness (QED) is 0.507. The van der Waals surface area contributed by atoms with Crippen LogP contribution in [0.3, 0.4) is 0 Å². The van der Waals surface area contributed by atoms with Crippen molar-refractivity contribution in [3.63, 3.8) is 0 Å². The molecule has 0 aromatic carbocycles. The lowest BCUT2D eigenvalue weighted by Gasteiger charge is -2.19. The molecule has 0 aliphatic carbocycles. The van der Waals surface area contributed by atoms with Crippen LogP contribution in [0.2, 0.25) is 0 Å². The SMILES string of the molecule is CC1=CC2CN(C1)C(=O)N2OC(F)C=O. The van der Waals surface area contributed by atoms with Crippen LogP contribution in [0.1, 0.15) is 6.92 Å². The summed E-state index contributed by atoms with van der Waals surface area (Å²) in [5, 5.41) is 0.926. The van der Waals surface area contributed by atoms with Gasteiger partial charge in [0, 0.05) is 13.1 Å². The van der Waals surface area contributed by atoms with Gasteiger partial charge in [0.2, 0.25) is 0 Å². The van der Waals surface area contributed by atoms with Gasteiger partial charge in [-0.25, -0.2) is 14.0 Å². The van der Waals surface area contributed by atoms with Gasteiger partial charge in [-0.2, -0.15) is 5.06 Å². The van der Waals surface area contributed by atoms with Gasteiger partial charge in [0.25, 0.3) is 6.36 Å². The molecule has 2 aliphatic heterocycles. The topological polar surface area (TPSA) is 49.9 Å². The van der Waals surface area contributed by atoms with Gasteiger partial charge in [0.05, 0.1) is 6.04 Å². The molecule has 0 radical (unpaired) electrons. The molecule has 2 bridgehead atoms. The summed E-state index contributed by atoms with van der Waals surface area (Å²) in [4.78, 5) is 27.8. The second-order valence-electron chi connectivity index (χ2n) is 3.66. The number of nitrogens with zero attached hydrogens (tertiary/aromatic N) is 2. The molecule has 2 aliphatic rings. The first-order valence-electron chi connectivity index (χ1n) is 4.63. The van der Waals surface area contributed by atoms with E-state index < -0.39 is 12.4 Å². The van der Waals surface area contributed by atoms with Crippen LogP contribution < -0.4 is 0 Å². The highest BCUT2D eigenvalue weighted by molar-refractivity contribution is 5.77. The van der Waals surface area contributed by atoms with Gasteiger partial charge in [0.1, 0.15) is 0 Å². The fourth-order valence-electron chi connectivity index (χ4n) is 1.85. The second kappa shape index (κ2) is 3.62. The molecule has 2 amide bonds. The zero-order valence-electron chi connectivity index (χ0n) is 8.22. The Balaban J connectivity index is 2.13. The van der Waals surface area contributed by atoms with Crippen LogP contribution >= 0.6 is 0 Å². The van der Waals surface area contributed by atoms with Crippen molar-refractivity contribution in [2.24, 2.45) is 0 Å². The Bertz CT molecular complexity index is 331. The van der Waals surface area contributed by atoms with E-state index in [0.29, 0.717) is 13.1 Å². The molecule has 0 N–H and O–H groups in total. The average Bonchev–Trinajstić information content (AvgIpc) is 2.42. The molecule has 6 heteroatoms. The molecule has 0 aromatic rings. The lowest BCUT2D eigenvalue weighted by atomic mass is 10.1. The number of hydrogen-bond acceptors (Lipinski definition) is 3. The summed E-state index contributed by atoms with van der Waals surface area (Å²) in [5.41, 5.74) is 1.03. The first-order chi connectivity index (χ1) is 7.11. The number of carbonyl (C=O) groups excluding carboxylic acids is 2. The number of halogens is 1. The fourth-order valence-corrected chi connectivity index (χ4v) is 1.85. The van der Waals surface area contributed by atoms with E-state index in [2.05, 4.69) is 4.84 Å². The summed E-state index contributed by atoms with van der Waals surface area (Å²) in [6, 6.07) is -0.679. The third kappa shape index (κ3) is 1.72. The number of hydroxylamine groups is 2. The summed E-state index contributed by atoms with van der Waals surface area (Å²) in [7, 11) is 0. The summed E-state index contributed by atoms with van der Waals surface area (Å²) in [6.45, 7) is 2.91. The van der Waals surface area contributed by atoms with E-state index in [-0.39, 0.29) is 12.3 Å². The van der Waals surface area contributed by atoms with Crippen molar-refractivity contribution in [3.8, 4) is 0 Å². The molecule has 0 saturated carbocycles. The van der Waals surface area contributed by atoms with E-state index in [9.17, 15) is 14.0 Å². The number of amides is 2. The largest absolute Gasteiger partial charge is 0.345 e. The number of rotatable bonds is 3. The Kier molecular flexibility index (Phi) is 2.44. The maximum absolute atomic E-state index is 12.7. The van der Waals surface area contributed by atoms with Crippen LogP contribution in [0.4, 0.5) is 9.18 Å². The Morgan fingerprint density at radius 3 is 3.13 bits per heavy atom. The molecule has 15 heavy (non-hydrogen) atoms. The van der Waals surface area contributed by atoms with Crippen molar-refractivity contribution in [2.45, 2.75) is 19.3 Å². The standard InChI is InChI=1S/C9H11FN2O3/c1-6-2-7-4-11(3-6)9(14)12(7)15-8(10)5-13/h2,5,7-8H,3-4H2,1H3. The van der Waals surface area contributed by atoms with Gasteiger partial charge in [-0.15, -0.1) is 0 Å². The minimum atomic E-state index is -2.08. The third-order valence-corrected chi connectivity index (χ3v) is 2.41. The van der Waals surface area contributed by atoms with E-state index in [1.807, 2.05) is 13.0 Å². The van der Waals surface area contributed by atoms with Crippen LogP contribution in [0.25, 0.3) is 0 Å². The summed E-state index contributed by atoms with van der Waals surface area (Å²) in [6.07, 6.45) is -0.219. The van der Waals surface area contributed by atoms with E-state index >= 15 is 0 Å². The van der Waals surface area contributed by atoms with E-state index in [0.717, 1.165) is 10.6 Å². The highest BCUT2D eigenvalue weighted by atomic mass is 19.1. The number of fused-ring (bicyclic) bond motifs is 2. The summed E-state index contributed by atoms with van der Waals surface area (Å²) < 4.78 is 12.7. The van der Waals surface area contributed by atoms with Crippen molar-refractivity contribution >= 4 is 12.3 Å². The van der Waals surface area contributed by atoms with Crippen LogP contribution in [0, 0.1) is 0 Å². The lowest BCUT2D eigenvalue weighted by molar-refractivity contribution is -0.200. The molecule has 2 atom stereocenters. The van der Waals surface area contributed by atoms with Gasteiger partial charge in [-0.05, 0) is 6.92 Å². The smallest absolute Gasteiger partial charge is 0.316 e. The van der Waals surface area contributed by atoms with Crippen molar-refractivity contribution in [2.75, 3.05) is 13.1 Å². The Labute approximate surface area is 86.0 Å². The molecule has 1 saturated heterocycles. The third-order valence-electron chi connectivity index (χ3n) is 2.41. The highest BCUT2D eigenvalue weighted by Gasteiger charge is 2.41. The summed E-state index contributed by atoms with van der Waals surface area (Å²) in [5.74, 6) is 0. The maximum Gasteiger partial charge on any atom is 0.345 e. The van der Waals surface area contributed by atoms with Gasteiger partial charge in [0.15, 0.2) is 6.29 Å². The van der Waals surface area contributed by atoms with Gasteiger partial charge >= 0.3 is 6.03 Å². The molecule has 82 valence electrons. The number of alkyl halides is 1. The predicted octanol–water partition coefficient (Wildman–Crippen LogP) is 0.479. The molecule has 0 aromatic heterocycles. The number of hydrogen-bond donors (Lipinski definition) is 0. The number of aldehydes is 1. The molecular formula is C9H11FN2O3. The van der Waals surface area contributed by atoms with Crippen LogP contribution in [0.5, 0.6) is 0 Å². The van der Waals surface area contributed by atoms with Crippen molar-refractivity contribution < 1.29 is 18.8 Å². The van der Waals surface area contributed by atoms with Crippen molar-refractivity contribution in [1.29, 1.82) is 0 Å². The molecule has 5 nitrogen and oxygen atoms in total. The van der Waals surface area contributed by atoms with Crippen LogP contribution in [-0.2, 0) is 9.63 Å². The monoisotopic (exact) mass is 214 g/mol. The number of urea groups is 1. The minimum Gasteiger partial charge on any atom is -0.316 e. The van der Waals surface area contributed by atoms with E-state index in [1.54, 1.807) is 4.90 Å². The van der Waals surface area contributed by atoms with Crippen LogP contribution in [0.15, 0.2) is 11.6 Å². The first kappa shape index (κ1) is 10.1.